The molecular formula is C22H17ClN4O. The van der Waals surface area contributed by atoms with Crippen LogP contribution in [0.2, 0.25) is 0 Å². The molecule has 138 valence electrons. The van der Waals surface area contributed by atoms with Crippen LogP contribution in [0.15, 0.2) is 77.8 Å². The molecule has 6 heteroatoms. The molecule has 0 saturated heterocycles. The minimum Gasteiger partial charge on any atom is -0.489 e. The van der Waals surface area contributed by atoms with E-state index in [2.05, 4.69) is 17.1 Å². The number of nitrogens with zero attached hydrogens (tertiary/aromatic N) is 3. The topological polar surface area (TPSA) is 95.2 Å². The van der Waals surface area contributed by atoms with Crippen molar-refractivity contribution in [2.45, 2.75) is 6.61 Å². The Morgan fingerprint density at radius 2 is 1.50 bits per heavy atom. The van der Waals surface area contributed by atoms with Crippen LogP contribution in [0.5, 0.6) is 5.75 Å². The van der Waals surface area contributed by atoms with E-state index in [1.807, 2.05) is 36.4 Å². The van der Waals surface area contributed by atoms with E-state index < -0.39 is 0 Å². The minimum atomic E-state index is 0. The Morgan fingerprint density at radius 3 is 2.11 bits per heavy atom. The van der Waals surface area contributed by atoms with Crippen molar-refractivity contribution in [1.82, 2.24) is 0 Å². The van der Waals surface area contributed by atoms with Gasteiger partial charge in [0.1, 0.15) is 18.2 Å². The van der Waals surface area contributed by atoms with Gasteiger partial charge in [0.15, 0.2) is 0 Å². The quantitative estimate of drug-likeness (QED) is 0.515. The number of nitriles is 2. The molecule has 0 aromatic heterocycles. The number of hydrogen-bond acceptors (Lipinski definition) is 4. The number of benzene rings is 3. The summed E-state index contributed by atoms with van der Waals surface area (Å²) in [6.45, 7) is 0.391. The largest absolute Gasteiger partial charge is 0.489 e. The van der Waals surface area contributed by atoms with Gasteiger partial charge in [-0.2, -0.15) is 10.5 Å². The van der Waals surface area contributed by atoms with Crippen LogP contribution in [-0.2, 0) is 6.61 Å². The molecule has 0 aliphatic rings. The van der Waals surface area contributed by atoms with Crippen molar-refractivity contribution in [3.05, 3.63) is 95.1 Å². The first-order valence-electron chi connectivity index (χ1n) is 8.24. The Bertz CT molecular complexity index is 1050. The predicted molar refractivity (Wildman–Crippen MR) is 111 cm³/mol. The Labute approximate surface area is 169 Å². The van der Waals surface area contributed by atoms with Crippen molar-refractivity contribution >= 4 is 23.9 Å². The molecule has 0 aliphatic carbocycles. The lowest BCUT2D eigenvalue weighted by Crippen LogP contribution is -2.12. The summed E-state index contributed by atoms with van der Waals surface area (Å²) in [5.41, 5.74) is 9.69. The fraction of sp³-hybridized carbons (Fsp3) is 0.0455. The Hall–Kier alpha value is -3.80. The van der Waals surface area contributed by atoms with Crippen LogP contribution < -0.4 is 10.5 Å². The number of rotatable bonds is 5. The second kappa shape index (κ2) is 9.78. The number of halogens is 1. The third-order valence-corrected chi connectivity index (χ3v) is 3.86. The first kappa shape index (κ1) is 20.5. The maximum absolute atomic E-state index is 8.84. The fourth-order valence-corrected chi connectivity index (χ4v) is 2.40. The lowest BCUT2D eigenvalue weighted by Gasteiger charge is -2.08. The molecule has 0 aliphatic heterocycles. The van der Waals surface area contributed by atoms with Crippen molar-refractivity contribution in [2.75, 3.05) is 0 Å². The van der Waals surface area contributed by atoms with Gasteiger partial charge in [0, 0.05) is 5.56 Å². The van der Waals surface area contributed by atoms with Crippen LogP contribution in [0.25, 0.3) is 0 Å². The first-order chi connectivity index (χ1) is 13.2. The zero-order valence-corrected chi connectivity index (χ0v) is 15.7. The minimum absolute atomic E-state index is 0. The highest BCUT2D eigenvalue weighted by atomic mass is 35.5. The van der Waals surface area contributed by atoms with E-state index in [0.29, 0.717) is 35.0 Å². The maximum Gasteiger partial charge on any atom is 0.131 e. The molecule has 0 atom stereocenters. The van der Waals surface area contributed by atoms with Gasteiger partial charge in [-0.25, -0.2) is 4.99 Å². The summed E-state index contributed by atoms with van der Waals surface area (Å²) in [5.74, 6) is 1.04. The Balaban J connectivity index is 0.00000280. The summed E-state index contributed by atoms with van der Waals surface area (Å²) in [7, 11) is 0. The van der Waals surface area contributed by atoms with Crippen molar-refractivity contribution in [3.63, 3.8) is 0 Å². The van der Waals surface area contributed by atoms with Crippen LogP contribution in [0.3, 0.4) is 0 Å². The summed E-state index contributed by atoms with van der Waals surface area (Å²) in [5, 5.41) is 17.7. The standard InChI is InChI=1S/C22H16N4O.ClH/c23-13-16-4-6-18(7-5-16)15-27-21-3-1-2-19(12-21)22(25)26-20-10-8-17(14-24)9-11-20;/h1-12H,15H2,(H2,25,26);1H. The number of aliphatic imine (C=N–C) groups is 1. The average molecular weight is 389 g/mol. The van der Waals surface area contributed by atoms with Gasteiger partial charge in [-0.3, -0.25) is 0 Å². The first-order valence-corrected chi connectivity index (χ1v) is 8.24. The second-order valence-corrected chi connectivity index (χ2v) is 5.78. The van der Waals surface area contributed by atoms with Crippen LogP contribution in [-0.4, -0.2) is 5.84 Å². The van der Waals surface area contributed by atoms with E-state index in [1.165, 1.54) is 0 Å². The second-order valence-electron chi connectivity index (χ2n) is 5.78. The zero-order valence-electron chi connectivity index (χ0n) is 14.9. The van der Waals surface area contributed by atoms with Crippen molar-refractivity contribution in [2.24, 2.45) is 10.7 Å². The summed E-state index contributed by atoms with van der Waals surface area (Å²) >= 11 is 0. The molecule has 2 N–H and O–H groups in total. The van der Waals surface area contributed by atoms with Crippen molar-refractivity contribution in [1.29, 1.82) is 10.5 Å². The molecule has 0 bridgehead atoms. The van der Waals surface area contributed by atoms with E-state index in [1.54, 1.807) is 36.4 Å². The van der Waals surface area contributed by atoms with E-state index >= 15 is 0 Å². The molecule has 0 saturated carbocycles. The molecule has 3 aromatic rings. The zero-order chi connectivity index (χ0) is 19.1. The SMILES string of the molecule is Cl.N#Cc1ccc(COc2cccc(C(N)=Nc3ccc(C#N)cc3)c2)cc1. The smallest absolute Gasteiger partial charge is 0.131 e. The van der Waals surface area contributed by atoms with Crippen molar-refractivity contribution in [3.8, 4) is 17.9 Å². The normalized spacial score (nSPS) is 10.3. The summed E-state index contributed by atoms with van der Waals surface area (Å²) < 4.78 is 5.81. The summed E-state index contributed by atoms with van der Waals surface area (Å²) in [4.78, 5) is 4.38. The van der Waals surface area contributed by atoms with E-state index in [4.69, 9.17) is 21.0 Å². The monoisotopic (exact) mass is 388 g/mol. The lowest BCUT2D eigenvalue weighted by molar-refractivity contribution is 0.306. The molecule has 28 heavy (non-hydrogen) atoms. The highest BCUT2D eigenvalue weighted by Crippen LogP contribution is 2.18. The fourth-order valence-electron chi connectivity index (χ4n) is 2.40. The third-order valence-electron chi connectivity index (χ3n) is 3.86. The summed E-state index contributed by atoms with van der Waals surface area (Å²) in [6, 6.07) is 25.7. The molecule has 5 nitrogen and oxygen atoms in total. The predicted octanol–water partition coefficient (Wildman–Crippen LogP) is 4.47. The van der Waals surface area contributed by atoms with Gasteiger partial charge >= 0.3 is 0 Å². The Kier molecular flexibility index (Phi) is 7.16. The highest BCUT2D eigenvalue weighted by molar-refractivity contribution is 5.99. The number of ether oxygens (including phenoxy) is 1. The van der Waals surface area contributed by atoms with Crippen molar-refractivity contribution < 1.29 is 4.74 Å². The molecule has 0 heterocycles. The molecule has 0 unspecified atom stereocenters. The van der Waals surface area contributed by atoms with E-state index in [9.17, 15) is 0 Å². The molecule has 3 aromatic carbocycles. The van der Waals surface area contributed by atoms with Gasteiger partial charge in [0.05, 0.1) is 29.0 Å². The van der Waals surface area contributed by atoms with Gasteiger partial charge in [-0.05, 0) is 54.1 Å². The Morgan fingerprint density at radius 1 is 0.893 bits per heavy atom. The lowest BCUT2D eigenvalue weighted by atomic mass is 10.1. The molecular weight excluding hydrogens is 372 g/mol. The van der Waals surface area contributed by atoms with Crippen LogP contribution in [0.1, 0.15) is 22.3 Å². The molecule has 0 amide bonds. The van der Waals surface area contributed by atoms with E-state index in [0.717, 1.165) is 11.1 Å². The van der Waals surface area contributed by atoms with Gasteiger partial charge in [-0.15, -0.1) is 12.4 Å². The number of nitrogens with two attached hydrogens (primary N) is 1. The molecule has 3 rings (SSSR count). The molecule has 0 fully saturated rings. The van der Waals surface area contributed by atoms with E-state index in [-0.39, 0.29) is 12.4 Å². The third kappa shape index (κ3) is 5.35. The van der Waals surface area contributed by atoms with Crippen LogP contribution in [0.4, 0.5) is 5.69 Å². The van der Waals surface area contributed by atoms with Gasteiger partial charge < -0.3 is 10.5 Å². The molecule has 0 spiro atoms. The summed E-state index contributed by atoms with van der Waals surface area (Å²) in [6.07, 6.45) is 0. The van der Waals surface area contributed by atoms with Crippen LogP contribution >= 0.6 is 12.4 Å². The van der Waals surface area contributed by atoms with Gasteiger partial charge in [0.25, 0.3) is 0 Å². The number of hydrogen-bond donors (Lipinski definition) is 1. The van der Waals surface area contributed by atoms with Crippen LogP contribution in [0, 0.1) is 22.7 Å². The molecule has 0 radical (unpaired) electrons. The average Bonchev–Trinajstić information content (AvgIpc) is 2.73. The highest BCUT2D eigenvalue weighted by Gasteiger charge is 2.03. The van der Waals surface area contributed by atoms with Gasteiger partial charge in [-0.1, -0.05) is 24.3 Å². The van der Waals surface area contributed by atoms with Gasteiger partial charge in [0.2, 0.25) is 0 Å². The maximum atomic E-state index is 8.84. The number of amidine groups is 1.